The van der Waals surface area contributed by atoms with Gasteiger partial charge in [0.15, 0.2) is 0 Å². The Bertz CT molecular complexity index is 507. The summed E-state index contributed by atoms with van der Waals surface area (Å²) in [4.78, 5) is 14.1. The molecule has 1 heterocycles. The Kier molecular flexibility index (Phi) is 6.52. The van der Waals surface area contributed by atoms with E-state index in [4.69, 9.17) is 11.6 Å². The molecule has 22 heavy (non-hydrogen) atoms. The lowest BCUT2D eigenvalue weighted by atomic mass is 10.1. The number of benzene rings is 1. The van der Waals surface area contributed by atoms with E-state index in [9.17, 15) is 4.79 Å². The molecule has 1 aromatic carbocycles. The minimum atomic E-state index is 0.160. The molecule has 1 saturated heterocycles. The van der Waals surface area contributed by atoms with Crippen LogP contribution in [0.5, 0.6) is 0 Å². The number of carbonyl (C=O) groups excluding carboxylic acids is 1. The fourth-order valence-electron chi connectivity index (χ4n) is 2.91. The van der Waals surface area contributed by atoms with Crippen LogP contribution in [0.25, 0.3) is 0 Å². The van der Waals surface area contributed by atoms with E-state index < -0.39 is 0 Å². The van der Waals surface area contributed by atoms with E-state index in [1.807, 2.05) is 19.2 Å². The van der Waals surface area contributed by atoms with Gasteiger partial charge in [0.2, 0.25) is 5.91 Å². The van der Waals surface area contributed by atoms with Crippen LogP contribution in [0.2, 0.25) is 5.02 Å². The molecule has 122 valence electrons. The number of hydrogen-bond donors (Lipinski definition) is 2. The quantitative estimate of drug-likeness (QED) is 0.758. The van der Waals surface area contributed by atoms with Crippen molar-refractivity contribution in [3.63, 3.8) is 0 Å². The lowest BCUT2D eigenvalue weighted by Crippen LogP contribution is -2.31. The summed E-state index contributed by atoms with van der Waals surface area (Å²) in [5.41, 5.74) is 2.47. The van der Waals surface area contributed by atoms with Gasteiger partial charge in [-0.3, -0.25) is 4.79 Å². The van der Waals surface area contributed by atoms with Crippen LogP contribution in [0.4, 0.5) is 5.69 Å². The van der Waals surface area contributed by atoms with Gasteiger partial charge in [0.1, 0.15) is 0 Å². The molecule has 1 aliphatic rings. The molecule has 2 N–H and O–H groups in total. The molecular formula is C17H26ClN3O. The first kappa shape index (κ1) is 17.1. The maximum absolute atomic E-state index is 11.8. The van der Waals surface area contributed by atoms with E-state index in [0.29, 0.717) is 12.3 Å². The largest absolute Gasteiger partial charge is 0.371 e. The molecule has 4 nitrogen and oxygen atoms in total. The first-order valence-electron chi connectivity index (χ1n) is 8.02. The maximum atomic E-state index is 11.8. The van der Waals surface area contributed by atoms with Crippen molar-refractivity contribution in [2.24, 2.45) is 5.92 Å². The van der Waals surface area contributed by atoms with Crippen molar-refractivity contribution in [3.8, 4) is 0 Å². The van der Waals surface area contributed by atoms with Crippen molar-refractivity contribution < 1.29 is 4.79 Å². The summed E-state index contributed by atoms with van der Waals surface area (Å²) in [5.74, 6) is 0.680. The fourth-order valence-corrected chi connectivity index (χ4v) is 3.08. The lowest BCUT2D eigenvalue weighted by molar-refractivity contribution is -0.121. The SMILES string of the molecule is CNCCCC(=O)NCC1CCN(c2cc(Cl)ccc2C)C1. The van der Waals surface area contributed by atoms with Crippen LogP contribution in [0, 0.1) is 12.8 Å². The zero-order valence-corrected chi connectivity index (χ0v) is 14.2. The molecule has 0 aliphatic carbocycles. The van der Waals surface area contributed by atoms with Gasteiger partial charge in [-0.15, -0.1) is 0 Å². The molecule has 1 aromatic rings. The van der Waals surface area contributed by atoms with Gasteiger partial charge in [-0.25, -0.2) is 0 Å². The van der Waals surface area contributed by atoms with E-state index in [0.717, 1.165) is 44.0 Å². The Morgan fingerprint density at radius 2 is 2.27 bits per heavy atom. The summed E-state index contributed by atoms with van der Waals surface area (Å²) in [6.45, 7) is 5.79. The third-order valence-corrected chi connectivity index (χ3v) is 4.45. The molecule has 0 aromatic heterocycles. The number of amides is 1. The average Bonchev–Trinajstić information content (AvgIpc) is 2.97. The number of hydrogen-bond acceptors (Lipinski definition) is 3. The second-order valence-electron chi connectivity index (χ2n) is 6.04. The van der Waals surface area contributed by atoms with Gasteiger partial charge in [-0.2, -0.15) is 0 Å². The Balaban J connectivity index is 1.78. The van der Waals surface area contributed by atoms with Gasteiger partial charge in [-0.05, 0) is 57.0 Å². The third-order valence-electron chi connectivity index (χ3n) is 4.22. The molecule has 0 spiro atoms. The Morgan fingerprint density at radius 3 is 3.05 bits per heavy atom. The van der Waals surface area contributed by atoms with Crippen molar-refractivity contribution >= 4 is 23.2 Å². The monoisotopic (exact) mass is 323 g/mol. The zero-order valence-electron chi connectivity index (χ0n) is 13.5. The van der Waals surface area contributed by atoms with Crippen LogP contribution in [-0.4, -0.2) is 39.1 Å². The highest BCUT2D eigenvalue weighted by molar-refractivity contribution is 6.30. The molecule has 0 saturated carbocycles. The second-order valence-corrected chi connectivity index (χ2v) is 6.48. The molecule has 0 radical (unpaired) electrons. The number of aryl methyl sites for hydroxylation is 1. The van der Waals surface area contributed by atoms with Crippen LogP contribution < -0.4 is 15.5 Å². The van der Waals surface area contributed by atoms with E-state index >= 15 is 0 Å². The summed E-state index contributed by atoms with van der Waals surface area (Å²) < 4.78 is 0. The Hall–Kier alpha value is -1.26. The number of halogens is 1. The van der Waals surface area contributed by atoms with Crippen LogP contribution in [0.15, 0.2) is 18.2 Å². The molecule has 1 atom stereocenters. The fraction of sp³-hybridized carbons (Fsp3) is 0.588. The van der Waals surface area contributed by atoms with Crippen molar-refractivity contribution in [1.29, 1.82) is 0 Å². The minimum Gasteiger partial charge on any atom is -0.371 e. The van der Waals surface area contributed by atoms with Crippen molar-refractivity contribution in [3.05, 3.63) is 28.8 Å². The van der Waals surface area contributed by atoms with Crippen molar-refractivity contribution in [2.45, 2.75) is 26.2 Å². The molecule has 1 unspecified atom stereocenters. The standard InChI is InChI=1S/C17H26ClN3O/c1-13-5-6-15(18)10-16(13)21-9-7-14(12-21)11-20-17(22)4-3-8-19-2/h5-6,10,14,19H,3-4,7-9,11-12H2,1-2H3,(H,20,22). The van der Waals surface area contributed by atoms with E-state index in [-0.39, 0.29) is 5.91 Å². The average molecular weight is 324 g/mol. The summed E-state index contributed by atoms with van der Waals surface area (Å²) in [6.07, 6.45) is 2.61. The highest BCUT2D eigenvalue weighted by atomic mass is 35.5. The normalized spacial score (nSPS) is 17.8. The summed E-state index contributed by atoms with van der Waals surface area (Å²) >= 11 is 6.11. The van der Waals surface area contributed by atoms with Gasteiger partial charge in [0, 0.05) is 36.8 Å². The minimum absolute atomic E-state index is 0.160. The molecule has 1 fully saturated rings. The smallest absolute Gasteiger partial charge is 0.220 e. The molecule has 1 amide bonds. The lowest BCUT2D eigenvalue weighted by Gasteiger charge is -2.21. The Morgan fingerprint density at radius 1 is 1.45 bits per heavy atom. The topological polar surface area (TPSA) is 44.4 Å². The van der Waals surface area contributed by atoms with Gasteiger partial charge in [0.05, 0.1) is 0 Å². The summed E-state index contributed by atoms with van der Waals surface area (Å²) in [6, 6.07) is 6.03. The predicted octanol–water partition coefficient (Wildman–Crippen LogP) is 2.59. The maximum Gasteiger partial charge on any atom is 0.220 e. The van der Waals surface area contributed by atoms with Gasteiger partial charge in [0.25, 0.3) is 0 Å². The summed E-state index contributed by atoms with van der Waals surface area (Å²) in [7, 11) is 1.91. The van der Waals surface area contributed by atoms with Gasteiger partial charge < -0.3 is 15.5 Å². The van der Waals surface area contributed by atoms with E-state index in [1.54, 1.807) is 0 Å². The van der Waals surface area contributed by atoms with Crippen LogP contribution >= 0.6 is 11.6 Å². The van der Waals surface area contributed by atoms with Crippen LogP contribution in [-0.2, 0) is 4.79 Å². The number of carbonyl (C=O) groups is 1. The molecular weight excluding hydrogens is 298 g/mol. The van der Waals surface area contributed by atoms with E-state index in [1.165, 1.54) is 11.3 Å². The second kappa shape index (κ2) is 8.39. The van der Waals surface area contributed by atoms with Gasteiger partial charge in [-0.1, -0.05) is 17.7 Å². The molecule has 2 rings (SSSR count). The first-order chi connectivity index (χ1) is 10.6. The predicted molar refractivity (Wildman–Crippen MR) is 92.7 cm³/mol. The van der Waals surface area contributed by atoms with Crippen LogP contribution in [0.3, 0.4) is 0 Å². The van der Waals surface area contributed by atoms with E-state index in [2.05, 4.69) is 28.5 Å². The summed E-state index contributed by atoms with van der Waals surface area (Å²) in [5, 5.41) is 6.90. The van der Waals surface area contributed by atoms with Crippen molar-refractivity contribution in [2.75, 3.05) is 38.1 Å². The van der Waals surface area contributed by atoms with Crippen LogP contribution in [0.1, 0.15) is 24.8 Å². The number of rotatable bonds is 7. The highest BCUT2D eigenvalue weighted by Crippen LogP contribution is 2.29. The molecule has 0 bridgehead atoms. The molecule has 5 heteroatoms. The Labute approximate surface area is 138 Å². The first-order valence-corrected chi connectivity index (χ1v) is 8.40. The number of nitrogens with one attached hydrogen (secondary N) is 2. The van der Waals surface area contributed by atoms with Crippen molar-refractivity contribution in [1.82, 2.24) is 10.6 Å². The highest BCUT2D eigenvalue weighted by Gasteiger charge is 2.24. The third kappa shape index (κ3) is 4.89. The number of nitrogens with zero attached hydrogens (tertiary/aromatic N) is 1. The molecule has 1 aliphatic heterocycles. The number of anilines is 1. The zero-order chi connectivity index (χ0) is 15.9. The van der Waals surface area contributed by atoms with Gasteiger partial charge >= 0.3 is 0 Å².